The zero-order chi connectivity index (χ0) is 21.2. The van der Waals surface area contributed by atoms with Crippen LogP contribution in [-0.4, -0.2) is 30.6 Å². The van der Waals surface area contributed by atoms with Crippen LogP contribution in [-0.2, 0) is 6.18 Å². The van der Waals surface area contributed by atoms with E-state index in [9.17, 15) is 18.0 Å². The molecular formula is C17H11ClF3N7O. The number of rotatable bonds is 4. The van der Waals surface area contributed by atoms with Gasteiger partial charge in [0.15, 0.2) is 5.82 Å². The predicted molar refractivity (Wildman–Crippen MR) is 94.0 cm³/mol. The van der Waals surface area contributed by atoms with Crippen molar-refractivity contribution >= 4 is 17.5 Å². The van der Waals surface area contributed by atoms with E-state index in [-0.39, 0.29) is 27.9 Å². The molecule has 0 spiro atoms. The fourth-order valence-corrected chi connectivity index (χ4v) is 2.65. The molecule has 3 rings (SSSR count). The lowest BCUT2D eigenvalue weighted by atomic mass is 10.1. The van der Waals surface area contributed by atoms with Gasteiger partial charge in [-0.15, -0.1) is 0 Å². The van der Waals surface area contributed by atoms with E-state index < -0.39 is 23.7 Å². The number of hydrogen-bond acceptors (Lipinski definition) is 6. The SMILES string of the molecule is C[C@H](NC(=O)c1cc(Cl)cc(C(F)(F)F)c1)c1ncnn1-c1ncc(C#N)cn1. The first kappa shape index (κ1) is 20.2. The molecular weight excluding hydrogens is 411 g/mol. The number of nitriles is 1. The van der Waals surface area contributed by atoms with Gasteiger partial charge in [0.05, 0.1) is 29.6 Å². The van der Waals surface area contributed by atoms with Gasteiger partial charge in [0.2, 0.25) is 0 Å². The highest BCUT2D eigenvalue weighted by atomic mass is 35.5. The van der Waals surface area contributed by atoms with Gasteiger partial charge < -0.3 is 5.32 Å². The van der Waals surface area contributed by atoms with Gasteiger partial charge in [-0.05, 0) is 25.1 Å². The van der Waals surface area contributed by atoms with Crippen LogP contribution in [0.25, 0.3) is 5.95 Å². The van der Waals surface area contributed by atoms with Crippen molar-refractivity contribution < 1.29 is 18.0 Å². The summed E-state index contributed by atoms with van der Waals surface area (Å²) >= 11 is 5.72. The molecule has 29 heavy (non-hydrogen) atoms. The zero-order valence-corrected chi connectivity index (χ0v) is 15.4. The van der Waals surface area contributed by atoms with Crippen molar-refractivity contribution in [3.05, 3.63) is 64.5 Å². The summed E-state index contributed by atoms with van der Waals surface area (Å²) in [7, 11) is 0. The average Bonchev–Trinajstić information content (AvgIpc) is 3.17. The molecule has 0 radical (unpaired) electrons. The molecule has 0 bridgehead atoms. The van der Waals surface area contributed by atoms with Gasteiger partial charge in [0.25, 0.3) is 11.9 Å². The number of benzene rings is 1. The van der Waals surface area contributed by atoms with Gasteiger partial charge in [0.1, 0.15) is 12.4 Å². The van der Waals surface area contributed by atoms with E-state index in [1.165, 1.54) is 23.4 Å². The van der Waals surface area contributed by atoms with E-state index in [1.807, 2.05) is 6.07 Å². The molecule has 3 aromatic rings. The number of nitrogens with zero attached hydrogens (tertiary/aromatic N) is 6. The number of amides is 1. The van der Waals surface area contributed by atoms with Crippen molar-refractivity contribution in [2.24, 2.45) is 0 Å². The summed E-state index contributed by atoms with van der Waals surface area (Å²) in [6.45, 7) is 1.57. The summed E-state index contributed by atoms with van der Waals surface area (Å²) in [6, 6.07) is 3.71. The Morgan fingerprint density at radius 2 is 1.93 bits per heavy atom. The maximum absolute atomic E-state index is 12.9. The first-order valence-corrected chi connectivity index (χ1v) is 8.38. The Hall–Kier alpha value is -3.52. The molecule has 0 saturated heterocycles. The standard InChI is InChI=1S/C17H11ClF3N7O/c1-9(14-25-8-26-28(14)16-23-6-10(5-22)7-24-16)27-15(29)11-2-12(17(19,20)21)4-13(18)3-11/h2-4,6-9H,1H3,(H,27,29)/t9-/m0/s1. The second kappa shape index (κ2) is 7.84. The Kier molecular flexibility index (Phi) is 5.47. The lowest BCUT2D eigenvalue weighted by Gasteiger charge is -2.15. The minimum atomic E-state index is -4.64. The van der Waals surface area contributed by atoms with Crippen LogP contribution in [0, 0.1) is 11.3 Å². The highest BCUT2D eigenvalue weighted by Crippen LogP contribution is 2.32. The first-order valence-electron chi connectivity index (χ1n) is 8.00. The highest BCUT2D eigenvalue weighted by Gasteiger charge is 2.32. The summed E-state index contributed by atoms with van der Waals surface area (Å²) in [5.41, 5.74) is -1.03. The molecule has 0 aliphatic carbocycles. The second-order valence-corrected chi connectivity index (χ2v) is 6.27. The third-order valence-electron chi connectivity index (χ3n) is 3.75. The molecule has 8 nitrogen and oxygen atoms in total. The van der Waals surface area contributed by atoms with Crippen molar-refractivity contribution in [2.45, 2.75) is 19.1 Å². The number of carbonyl (C=O) groups is 1. The van der Waals surface area contributed by atoms with Crippen molar-refractivity contribution in [3.63, 3.8) is 0 Å². The molecule has 0 unspecified atom stereocenters. The lowest BCUT2D eigenvalue weighted by Crippen LogP contribution is -2.29. The van der Waals surface area contributed by atoms with Crippen molar-refractivity contribution in [1.29, 1.82) is 5.26 Å². The Bertz CT molecular complexity index is 1090. The molecule has 1 aromatic carbocycles. The Labute approximate surface area is 167 Å². The number of aromatic nitrogens is 5. The molecule has 0 fully saturated rings. The second-order valence-electron chi connectivity index (χ2n) is 5.84. The van der Waals surface area contributed by atoms with Gasteiger partial charge in [-0.2, -0.15) is 28.2 Å². The molecule has 12 heteroatoms. The van der Waals surface area contributed by atoms with Crippen LogP contribution < -0.4 is 5.32 Å². The Morgan fingerprint density at radius 3 is 2.55 bits per heavy atom. The molecule has 1 atom stereocenters. The number of carbonyl (C=O) groups excluding carboxylic acids is 1. The van der Waals surface area contributed by atoms with Gasteiger partial charge in [0, 0.05) is 10.6 Å². The van der Waals surface area contributed by atoms with Crippen molar-refractivity contribution in [2.75, 3.05) is 0 Å². The largest absolute Gasteiger partial charge is 0.416 e. The van der Waals surface area contributed by atoms with E-state index >= 15 is 0 Å². The number of nitrogens with one attached hydrogen (secondary N) is 1. The third kappa shape index (κ3) is 4.49. The normalized spacial score (nSPS) is 12.3. The minimum Gasteiger partial charge on any atom is -0.342 e. The number of hydrogen-bond donors (Lipinski definition) is 1. The fourth-order valence-electron chi connectivity index (χ4n) is 2.42. The molecule has 2 aromatic heterocycles. The summed E-state index contributed by atoms with van der Waals surface area (Å²) in [5, 5.41) is 15.1. The van der Waals surface area contributed by atoms with Crippen molar-refractivity contribution in [3.8, 4) is 12.0 Å². The summed E-state index contributed by atoms with van der Waals surface area (Å²) in [5.74, 6) is -0.429. The molecule has 1 amide bonds. The van der Waals surface area contributed by atoms with Gasteiger partial charge in [-0.1, -0.05) is 11.6 Å². The molecule has 148 valence electrons. The van der Waals surface area contributed by atoms with E-state index in [4.69, 9.17) is 16.9 Å². The molecule has 0 aliphatic rings. The summed E-state index contributed by atoms with van der Waals surface area (Å²) < 4.78 is 40.1. The average molecular weight is 422 g/mol. The maximum Gasteiger partial charge on any atom is 0.416 e. The van der Waals surface area contributed by atoms with Gasteiger partial charge in [-0.3, -0.25) is 4.79 Å². The summed E-state index contributed by atoms with van der Waals surface area (Å²) in [4.78, 5) is 24.5. The first-order chi connectivity index (χ1) is 13.7. The van der Waals surface area contributed by atoms with Gasteiger partial charge in [-0.25, -0.2) is 15.0 Å². The van der Waals surface area contributed by atoms with E-state index in [0.29, 0.717) is 6.07 Å². The van der Waals surface area contributed by atoms with Crippen LogP contribution in [0.5, 0.6) is 0 Å². The fraction of sp³-hybridized carbons (Fsp3) is 0.176. The quantitative estimate of drug-likeness (QED) is 0.693. The molecule has 0 aliphatic heterocycles. The Morgan fingerprint density at radius 1 is 1.24 bits per heavy atom. The molecule has 2 heterocycles. The smallest absolute Gasteiger partial charge is 0.342 e. The molecule has 1 N–H and O–H groups in total. The van der Waals surface area contributed by atoms with Crippen LogP contribution in [0.3, 0.4) is 0 Å². The number of halogens is 4. The van der Waals surface area contributed by atoms with E-state index in [2.05, 4.69) is 25.4 Å². The van der Waals surface area contributed by atoms with Crippen LogP contribution in [0.15, 0.2) is 36.9 Å². The zero-order valence-electron chi connectivity index (χ0n) is 14.6. The van der Waals surface area contributed by atoms with Crippen LogP contribution in [0.4, 0.5) is 13.2 Å². The van der Waals surface area contributed by atoms with Crippen LogP contribution in [0.2, 0.25) is 5.02 Å². The van der Waals surface area contributed by atoms with Crippen LogP contribution >= 0.6 is 11.6 Å². The minimum absolute atomic E-state index is 0.111. The van der Waals surface area contributed by atoms with E-state index in [1.54, 1.807) is 6.92 Å². The monoisotopic (exact) mass is 421 g/mol. The lowest BCUT2D eigenvalue weighted by molar-refractivity contribution is -0.137. The topological polar surface area (TPSA) is 109 Å². The third-order valence-corrected chi connectivity index (χ3v) is 3.97. The molecule has 0 saturated carbocycles. The van der Waals surface area contributed by atoms with Crippen molar-refractivity contribution in [1.82, 2.24) is 30.0 Å². The summed E-state index contributed by atoms with van der Waals surface area (Å²) in [6.07, 6.45) is -0.845. The Balaban J connectivity index is 1.84. The number of alkyl halides is 3. The predicted octanol–water partition coefficient (Wildman–Crippen LogP) is 3.09. The maximum atomic E-state index is 12.9. The van der Waals surface area contributed by atoms with Crippen LogP contribution in [0.1, 0.15) is 40.3 Å². The van der Waals surface area contributed by atoms with Gasteiger partial charge >= 0.3 is 6.18 Å². The highest BCUT2D eigenvalue weighted by molar-refractivity contribution is 6.31. The van der Waals surface area contributed by atoms with E-state index in [0.717, 1.165) is 12.1 Å².